The molecule has 1 aliphatic heterocycles. The van der Waals surface area contributed by atoms with E-state index in [9.17, 15) is 4.79 Å². The van der Waals surface area contributed by atoms with Crippen LogP contribution in [0, 0.1) is 0 Å². The molecule has 1 aromatic rings. The highest BCUT2D eigenvalue weighted by molar-refractivity contribution is 5.73. The van der Waals surface area contributed by atoms with Crippen molar-refractivity contribution in [2.75, 3.05) is 38.2 Å². The van der Waals surface area contributed by atoms with E-state index in [1.54, 1.807) is 20.1 Å². The van der Waals surface area contributed by atoms with Crippen molar-refractivity contribution in [3.8, 4) is 5.75 Å². The molecule has 1 amide bonds. The Morgan fingerprint density at radius 1 is 1.35 bits per heavy atom. The van der Waals surface area contributed by atoms with Crippen LogP contribution in [0.1, 0.15) is 6.92 Å². The van der Waals surface area contributed by atoms with Gasteiger partial charge in [0.25, 0.3) is 0 Å². The van der Waals surface area contributed by atoms with Gasteiger partial charge in [0.2, 0.25) is 5.91 Å². The molecule has 0 aliphatic carbocycles. The molecule has 1 saturated heterocycles. The molecule has 7 nitrogen and oxygen atoms in total. The van der Waals surface area contributed by atoms with E-state index in [0.717, 1.165) is 31.9 Å². The fourth-order valence-electron chi connectivity index (χ4n) is 2.27. The third-order valence-electron chi connectivity index (χ3n) is 3.41. The molecule has 7 heteroatoms. The van der Waals surface area contributed by atoms with E-state index in [0.29, 0.717) is 11.4 Å². The molecular weight excluding hydrogens is 258 g/mol. The molecule has 2 rings (SSSR count). The number of methoxy groups -OCH3 is 1. The van der Waals surface area contributed by atoms with E-state index < -0.39 is 0 Å². The first-order valence-corrected chi connectivity index (χ1v) is 6.39. The van der Waals surface area contributed by atoms with Gasteiger partial charge in [0.15, 0.2) is 0 Å². The number of anilines is 1. The quantitative estimate of drug-likeness (QED) is 0.482. The predicted octanol–water partition coefficient (Wildman–Crippen LogP) is 2.31. The standard InChI is InChI=1S/C13H17N5O2/c1-10(19)17-5-7-18(8-6-17)11-3-4-12(15-16-14)13(9-11)20-2/h3-4,9H,5-8H2,1-2H3. The van der Waals surface area contributed by atoms with Crippen molar-refractivity contribution in [3.63, 3.8) is 0 Å². The van der Waals surface area contributed by atoms with Crippen molar-refractivity contribution < 1.29 is 9.53 Å². The molecule has 1 heterocycles. The van der Waals surface area contributed by atoms with E-state index in [-0.39, 0.29) is 5.91 Å². The number of hydrogen-bond donors (Lipinski definition) is 0. The molecule has 0 aromatic heterocycles. The normalized spacial score (nSPS) is 14.7. The van der Waals surface area contributed by atoms with Crippen LogP contribution >= 0.6 is 0 Å². The van der Waals surface area contributed by atoms with E-state index in [2.05, 4.69) is 14.9 Å². The van der Waals surface area contributed by atoms with E-state index >= 15 is 0 Å². The van der Waals surface area contributed by atoms with Crippen molar-refractivity contribution in [1.82, 2.24) is 4.90 Å². The van der Waals surface area contributed by atoms with Crippen LogP contribution in [0.5, 0.6) is 5.75 Å². The predicted molar refractivity (Wildman–Crippen MR) is 76.3 cm³/mol. The lowest BCUT2D eigenvalue weighted by atomic mass is 10.2. The van der Waals surface area contributed by atoms with Crippen LogP contribution in [0.4, 0.5) is 11.4 Å². The second kappa shape index (κ2) is 6.16. The Morgan fingerprint density at radius 2 is 2.05 bits per heavy atom. The molecule has 20 heavy (non-hydrogen) atoms. The maximum absolute atomic E-state index is 11.3. The van der Waals surface area contributed by atoms with Crippen LogP contribution in [-0.4, -0.2) is 44.1 Å². The SMILES string of the molecule is COc1cc(N2CCN(C(C)=O)CC2)ccc1N=[N+]=[N-]. The zero-order valence-corrected chi connectivity index (χ0v) is 11.6. The number of benzene rings is 1. The number of azide groups is 1. The van der Waals surface area contributed by atoms with Gasteiger partial charge in [-0.15, -0.1) is 0 Å². The summed E-state index contributed by atoms with van der Waals surface area (Å²) in [5.74, 6) is 0.662. The van der Waals surface area contributed by atoms with Crippen molar-refractivity contribution in [2.45, 2.75) is 6.92 Å². The largest absolute Gasteiger partial charge is 0.496 e. The summed E-state index contributed by atoms with van der Waals surface area (Å²) in [5, 5.41) is 3.58. The first kappa shape index (κ1) is 14.0. The van der Waals surface area contributed by atoms with Gasteiger partial charge in [-0.1, -0.05) is 5.11 Å². The van der Waals surface area contributed by atoms with E-state index in [1.165, 1.54) is 0 Å². The van der Waals surface area contributed by atoms with Gasteiger partial charge in [-0.25, -0.2) is 0 Å². The average Bonchev–Trinajstić information content (AvgIpc) is 2.48. The molecule has 0 unspecified atom stereocenters. The maximum Gasteiger partial charge on any atom is 0.219 e. The lowest BCUT2D eigenvalue weighted by Gasteiger charge is -2.35. The molecule has 0 saturated carbocycles. The summed E-state index contributed by atoms with van der Waals surface area (Å²) in [6.07, 6.45) is 0. The maximum atomic E-state index is 11.3. The number of nitrogens with zero attached hydrogens (tertiary/aromatic N) is 5. The summed E-state index contributed by atoms with van der Waals surface area (Å²) in [6, 6.07) is 5.49. The van der Waals surface area contributed by atoms with Crippen molar-refractivity contribution in [2.24, 2.45) is 5.11 Å². The van der Waals surface area contributed by atoms with Gasteiger partial charge >= 0.3 is 0 Å². The van der Waals surface area contributed by atoms with Crippen molar-refractivity contribution in [3.05, 3.63) is 28.6 Å². The molecule has 0 spiro atoms. The molecule has 0 N–H and O–H groups in total. The number of amides is 1. The lowest BCUT2D eigenvalue weighted by Crippen LogP contribution is -2.48. The molecule has 1 aromatic carbocycles. The summed E-state index contributed by atoms with van der Waals surface area (Å²) < 4.78 is 5.23. The monoisotopic (exact) mass is 275 g/mol. The van der Waals surface area contributed by atoms with Gasteiger partial charge in [-0.05, 0) is 17.7 Å². The third kappa shape index (κ3) is 2.95. The average molecular weight is 275 g/mol. The fraction of sp³-hybridized carbons (Fsp3) is 0.462. The molecule has 0 atom stereocenters. The molecule has 1 fully saturated rings. The zero-order chi connectivity index (χ0) is 14.5. The summed E-state index contributed by atoms with van der Waals surface area (Å²) in [5.41, 5.74) is 9.97. The second-order valence-electron chi connectivity index (χ2n) is 4.54. The van der Waals surface area contributed by atoms with Crippen LogP contribution in [0.15, 0.2) is 23.3 Å². The van der Waals surface area contributed by atoms with E-state index in [1.807, 2.05) is 17.0 Å². The molecule has 0 bridgehead atoms. The second-order valence-corrected chi connectivity index (χ2v) is 4.54. The van der Waals surface area contributed by atoms with Gasteiger partial charge in [0.1, 0.15) is 5.75 Å². The minimum atomic E-state index is 0.112. The lowest BCUT2D eigenvalue weighted by molar-refractivity contribution is -0.129. The topological polar surface area (TPSA) is 81.5 Å². The van der Waals surface area contributed by atoms with Gasteiger partial charge in [-0.3, -0.25) is 4.79 Å². The Bertz CT molecular complexity index is 546. The van der Waals surface area contributed by atoms with Gasteiger partial charge < -0.3 is 14.5 Å². The molecule has 106 valence electrons. The number of carbonyl (C=O) groups excluding carboxylic acids is 1. The highest BCUT2D eigenvalue weighted by atomic mass is 16.5. The minimum Gasteiger partial charge on any atom is -0.496 e. The first-order chi connectivity index (χ1) is 9.65. The third-order valence-corrected chi connectivity index (χ3v) is 3.41. The highest BCUT2D eigenvalue weighted by Crippen LogP contribution is 2.32. The van der Waals surface area contributed by atoms with Crippen LogP contribution in [0.3, 0.4) is 0 Å². The van der Waals surface area contributed by atoms with Crippen LogP contribution in [0.2, 0.25) is 0 Å². The summed E-state index contributed by atoms with van der Waals surface area (Å²) in [6.45, 7) is 4.59. The van der Waals surface area contributed by atoms with Crippen LogP contribution in [0.25, 0.3) is 10.4 Å². The van der Waals surface area contributed by atoms with Gasteiger partial charge in [0, 0.05) is 49.8 Å². The molecule has 1 aliphatic rings. The van der Waals surface area contributed by atoms with Crippen molar-refractivity contribution in [1.29, 1.82) is 0 Å². The highest BCUT2D eigenvalue weighted by Gasteiger charge is 2.19. The Labute approximate surface area is 117 Å². The summed E-state index contributed by atoms with van der Waals surface area (Å²) in [4.78, 5) is 18.1. The Balaban J connectivity index is 2.14. The number of carbonyl (C=O) groups is 1. The number of hydrogen-bond acceptors (Lipinski definition) is 4. The Kier molecular flexibility index (Phi) is 4.32. The van der Waals surface area contributed by atoms with E-state index in [4.69, 9.17) is 10.3 Å². The van der Waals surface area contributed by atoms with Crippen molar-refractivity contribution >= 4 is 17.3 Å². The number of rotatable bonds is 3. The Morgan fingerprint density at radius 3 is 2.60 bits per heavy atom. The molecular formula is C13H17N5O2. The molecule has 0 radical (unpaired) electrons. The van der Waals surface area contributed by atoms with Gasteiger partial charge in [-0.2, -0.15) is 0 Å². The Hall–Kier alpha value is -2.40. The van der Waals surface area contributed by atoms with Crippen LogP contribution < -0.4 is 9.64 Å². The van der Waals surface area contributed by atoms with Crippen LogP contribution in [-0.2, 0) is 4.79 Å². The fourth-order valence-corrected chi connectivity index (χ4v) is 2.27. The first-order valence-electron chi connectivity index (χ1n) is 6.39. The minimum absolute atomic E-state index is 0.112. The number of ether oxygens (including phenoxy) is 1. The zero-order valence-electron chi connectivity index (χ0n) is 11.6. The summed E-state index contributed by atoms with van der Waals surface area (Å²) >= 11 is 0. The number of piperazine rings is 1. The smallest absolute Gasteiger partial charge is 0.219 e. The summed E-state index contributed by atoms with van der Waals surface area (Å²) in [7, 11) is 1.54. The van der Waals surface area contributed by atoms with Gasteiger partial charge in [0.05, 0.1) is 12.8 Å².